The van der Waals surface area contributed by atoms with Crippen LogP contribution in [0, 0.1) is 0 Å². The SMILES string of the molecule is CN(CCNC(=S)Nc1ccc(-n2cccn2)cc1)CCNc1cc(N2CCCC2)nc(N2CCCC2)n1. The largest absolute Gasteiger partial charge is 0.369 e. The number of nitrogens with one attached hydrogen (secondary N) is 3. The summed E-state index contributed by atoms with van der Waals surface area (Å²) in [4.78, 5) is 16.7. The Labute approximate surface area is 230 Å². The molecule has 11 heteroatoms. The predicted octanol–water partition coefficient (Wildman–Crippen LogP) is 3.19. The van der Waals surface area contributed by atoms with Crippen molar-refractivity contribution < 1.29 is 0 Å². The highest BCUT2D eigenvalue weighted by atomic mass is 32.1. The third-order valence-corrected chi connectivity index (χ3v) is 7.24. The highest BCUT2D eigenvalue weighted by Gasteiger charge is 2.20. The van der Waals surface area contributed by atoms with Crippen molar-refractivity contribution in [2.24, 2.45) is 0 Å². The van der Waals surface area contributed by atoms with Gasteiger partial charge in [0.25, 0.3) is 0 Å². The molecule has 202 valence electrons. The summed E-state index contributed by atoms with van der Waals surface area (Å²) < 4.78 is 1.83. The number of anilines is 4. The van der Waals surface area contributed by atoms with Crippen LogP contribution < -0.4 is 25.8 Å². The molecule has 38 heavy (non-hydrogen) atoms. The summed E-state index contributed by atoms with van der Waals surface area (Å²) in [6.07, 6.45) is 8.60. The molecule has 0 bridgehead atoms. The molecule has 2 aromatic heterocycles. The second kappa shape index (κ2) is 12.9. The Kier molecular flexibility index (Phi) is 8.87. The van der Waals surface area contributed by atoms with Gasteiger partial charge in [0.1, 0.15) is 11.6 Å². The molecule has 0 saturated carbocycles. The number of aromatic nitrogens is 4. The summed E-state index contributed by atoms with van der Waals surface area (Å²) in [5.41, 5.74) is 1.96. The molecule has 2 aliphatic heterocycles. The maximum Gasteiger partial charge on any atom is 0.229 e. The minimum Gasteiger partial charge on any atom is -0.369 e. The van der Waals surface area contributed by atoms with Gasteiger partial charge in [-0.25, -0.2) is 4.68 Å². The zero-order chi connectivity index (χ0) is 26.2. The van der Waals surface area contributed by atoms with Crippen molar-refractivity contribution >= 4 is 40.6 Å². The molecule has 0 aliphatic carbocycles. The number of hydrogen-bond acceptors (Lipinski definition) is 8. The van der Waals surface area contributed by atoms with E-state index in [2.05, 4.69) is 48.9 Å². The zero-order valence-corrected chi connectivity index (χ0v) is 23.0. The van der Waals surface area contributed by atoms with Gasteiger partial charge < -0.3 is 30.7 Å². The molecule has 4 heterocycles. The average molecular weight is 535 g/mol. The van der Waals surface area contributed by atoms with Crippen LogP contribution in [0.5, 0.6) is 0 Å². The topological polar surface area (TPSA) is 89.4 Å². The number of benzene rings is 1. The molecular weight excluding hydrogens is 496 g/mol. The maximum absolute atomic E-state index is 5.47. The van der Waals surface area contributed by atoms with Crippen LogP contribution >= 0.6 is 12.2 Å². The van der Waals surface area contributed by atoms with E-state index in [-0.39, 0.29) is 0 Å². The number of nitrogens with zero attached hydrogens (tertiary/aromatic N) is 7. The van der Waals surface area contributed by atoms with Gasteiger partial charge in [0.15, 0.2) is 5.11 Å². The Bertz CT molecular complexity index is 1120. The second-order valence-electron chi connectivity index (χ2n) is 9.91. The van der Waals surface area contributed by atoms with Crippen LogP contribution in [-0.2, 0) is 0 Å². The monoisotopic (exact) mass is 534 g/mol. The normalized spacial score (nSPS) is 15.3. The van der Waals surface area contributed by atoms with Crippen molar-refractivity contribution in [3.05, 3.63) is 48.8 Å². The zero-order valence-electron chi connectivity index (χ0n) is 22.1. The van der Waals surface area contributed by atoms with Crippen LogP contribution in [0.3, 0.4) is 0 Å². The number of hydrogen-bond donors (Lipinski definition) is 3. The van der Waals surface area contributed by atoms with Crippen molar-refractivity contribution in [3.63, 3.8) is 0 Å². The van der Waals surface area contributed by atoms with Crippen molar-refractivity contribution in [3.8, 4) is 5.69 Å². The number of thiocarbonyl (C=S) groups is 1. The Morgan fingerprint density at radius 3 is 2.37 bits per heavy atom. The molecule has 0 atom stereocenters. The fourth-order valence-corrected chi connectivity index (χ4v) is 5.04. The van der Waals surface area contributed by atoms with E-state index in [1.807, 2.05) is 41.2 Å². The molecule has 2 saturated heterocycles. The van der Waals surface area contributed by atoms with Gasteiger partial charge in [0, 0.05) is 76.5 Å². The first-order valence-electron chi connectivity index (χ1n) is 13.6. The Morgan fingerprint density at radius 2 is 1.66 bits per heavy atom. The van der Waals surface area contributed by atoms with E-state index >= 15 is 0 Å². The summed E-state index contributed by atoms with van der Waals surface area (Å²) in [6, 6.07) is 12.0. The summed E-state index contributed by atoms with van der Waals surface area (Å²) in [5.74, 6) is 2.83. The molecule has 0 unspecified atom stereocenters. The lowest BCUT2D eigenvalue weighted by atomic mass is 10.3. The van der Waals surface area contributed by atoms with E-state index in [1.165, 1.54) is 25.7 Å². The maximum atomic E-state index is 5.47. The van der Waals surface area contributed by atoms with Gasteiger partial charge in [-0.15, -0.1) is 0 Å². The van der Waals surface area contributed by atoms with Gasteiger partial charge in [-0.2, -0.15) is 15.1 Å². The molecule has 10 nitrogen and oxygen atoms in total. The van der Waals surface area contributed by atoms with Crippen LogP contribution in [0.15, 0.2) is 48.8 Å². The molecule has 3 aromatic rings. The third kappa shape index (κ3) is 7.11. The molecule has 2 fully saturated rings. The highest BCUT2D eigenvalue weighted by Crippen LogP contribution is 2.25. The van der Waals surface area contributed by atoms with Crippen molar-refractivity contribution in [2.45, 2.75) is 25.7 Å². The summed E-state index contributed by atoms with van der Waals surface area (Å²) in [6.45, 7) is 7.62. The van der Waals surface area contributed by atoms with Crippen molar-refractivity contribution in [2.75, 3.05) is 79.8 Å². The lowest BCUT2D eigenvalue weighted by Crippen LogP contribution is -2.36. The summed E-state index contributed by atoms with van der Waals surface area (Å²) in [7, 11) is 2.12. The molecule has 2 aliphatic rings. The smallest absolute Gasteiger partial charge is 0.229 e. The molecule has 0 radical (unpaired) electrons. The summed E-state index contributed by atoms with van der Waals surface area (Å²) >= 11 is 5.47. The molecule has 5 rings (SSSR count). The fraction of sp³-hybridized carbons (Fsp3) is 0.481. The van der Waals surface area contributed by atoms with Crippen LogP contribution in [0.25, 0.3) is 5.69 Å². The Hall–Kier alpha value is -3.44. The minimum absolute atomic E-state index is 0.619. The lowest BCUT2D eigenvalue weighted by Gasteiger charge is -2.22. The Balaban J connectivity index is 1.04. The minimum atomic E-state index is 0.619. The highest BCUT2D eigenvalue weighted by molar-refractivity contribution is 7.80. The van der Waals surface area contributed by atoms with Gasteiger partial charge in [-0.1, -0.05) is 0 Å². The van der Waals surface area contributed by atoms with Gasteiger partial charge >= 0.3 is 0 Å². The van der Waals surface area contributed by atoms with Gasteiger partial charge in [0.2, 0.25) is 5.95 Å². The Morgan fingerprint density at radius 1 is 0.947 bits per heavy atom. The third-order valence-electron chi connectivity index (χ3n) is 6.99. The first-order valence-corrected chi connectivity index (χ1v) is 14.0. The van der Waals surface area contributed by atoms with Gasteiger partial charge in [0.05, 0.1) is 5.69 Å². The lowest BCUT2D eigenvalue weighted by molar-refractivity contribution is 0.352. The molecule has 3 N–H and O–H groups in total. The number of likely N-dealkylation sites (N-methyl/N-ethyl adjacent to an activating group) is 1. The molecular formula is C27H38N10S. The van der Waals surface area contributed by atoms with E-state index in [0.29, 0.717) is 5.11 Å². The standard InChI is InChI=1S/C27H38N10S/c1-34(20-13-29-27(38)31-22-7-9-23(10-8-22)37-18-6-11-30-37)19-12-28-24-21-25(35-14-2-3-15-35)33-26(32-24)36-16-4-5-17-36/h6-11,18,21H,2-5,12-17,19-20H2,1H3,(H,28,32,33)(H2,29,31,38). The fourth-order valence-electron chi connectivity index (χ4n) is 4.82. The van der Waals surface area contributed by atoms with Crippen molar-refractivity contribution in [1.29, 1.82) is 0 Å². The predicted molar refractivity (Wildman–Crippen MR) is 159 cm³/mol. The number of rotatable bonds is 11. The van der Waals surface area contributed by atoms with E-state index in [1.54, 1.807) is 6.20 Å². The quantitative estimate of drug-likeness (QED) is 0.319. The first kappa shape index (κ1) is 26.2. The van der Waals surface area contributed by atoms with Gasteiger partial charge in [-0.3, -0.25) is 0 Å². The van der Waals surface area contributed by atoms with Gasteiger partial charge in [-0.05, 0) is 75.3 Å². The van der Waals surface area contributed by atoms with E-state index in [0.717, 1.165) is 81.3 Å². The van der Waals surface area contributed by atoms with E-state index in [9.17, 15) is 0 Å². The molecule has 0 spiro atoms. The van der Waals surface area contributed by atoms with E-state index < -0.39 is 0 Å². The van der Waals surface area contributed by atoms with Crippen LogP contribution in [-0.4, -0.2) is 89.2 Å². The van der Waals surface area contributed by atoms with Crippen LogP contribution in [0.4, 0.5) is 23.3 Å². The second-order valence-corrected chi connectivity index (χ2v) is 10.3. The van der Waals surface area contributed by atoms with E-state index in [4.69, 9.17) is 22.2 Å². The molecule has 1 aromatic carbocycles. The van der Waals surface area contributed by atoms with Crippen LogP contribution in [0.2, 0.25) is 0 Å². The molecule has 0 amide bonds. The summed E-state index contributed by atoms with van der Waals surface area (Å²) in [5, 5.41) is 15.0. The van der Waals surface area contributed by atoms with Crippen molar-refractivity contribution in [1.82, 2.24) is 30.0 Å². The first-order chi connectivity index (χ1) is 18.6. The van der Waals surface area contributed by atoms with Crippen LogP contribution in [0.1, 0.15) is 25.7 Å². The average Bonchev–Trinajstić information content (AvgIpc) is 3.72.